The third kappa shape index (κ3) is 6.96. The van der Waals surface area contributed by atoms with Crippen molar-refractivity contribution in [3.63, 3.8) is 0 Å². The second kappa shape index (κ2) is 12.1. The van der Waals surface area contributed by atoms with Crippen molar-refractivity contribution < 1.29 is 19.7 Å². The highest BCUT2D eigenvalue weighted by atomic mass is 16.5. The second-order valence-electron chi connectivity index (χ2n) is 8.55. The number of methoxy groups -OCH3 is 2. The molecule has 0 bridgehead atoms. The summed E-state index contributed by atoms with van der Waals surface area (Å²) >= 11 is 0. The molecule has 0 spiro atoms. The zero-order valence-electron chi connectivity index (χ0n) is 18.9. The molecule has 0 aliphatic carbocycles. The zero-order chi connectivity index (χ0) is 22.1. The van der Waals surface area contributed by atoms with Gasteiger partial charge in [-0.25, -0.2) is 0 Å². The van der Waals surface area contributed by atoms with E-state index in [0.29, 0.717) is 18.6 Å². The normalized spacial score (nSPS) is 20.4. The Labute approximate surface area is 186 Å². The Hall–Kier alpha value is -2.08. The lowest BCUT2D eigenvalue weighted by Gasteiger charge is -2.43. The van der Waals surface area contributed by atoms with E-state index in [-0.39, 0.29) is 6.61 Å². The standard InChI is InChI=1S/C26H37NO4/c1-30-25-10-3-6-20(16-25)12-14-22-8-5-9-23(27(22)18-24(29)19-28)15-13-21-7-4-11-26(17-21)31-2/h3-4,6-7,10-11,16-17,22-24,28-29H,5,8-9,12-15,18-19H2,1-2H3/t22-,23+,24-/m0/s1. The van der Waals surface area contributed by atoms with Crippen LogP contribution >= 0.6 is 0 Å². The van der Waals surface area contributed by atoms with Crippen LogP contribution in [0.5, 0.6) is 11.5 Å². The van der Waals surface area contributed by atoms with E-state index in [1.54, 1.807) is 14.2 Å². The van der Waals surface area contributed by atoms with Crippen molar-refractivity contribution in [3.8, 4) is 11.5 Å². The lowest BCUT2D eigenvalue weighted by atomic mass is 9.88. The molecule has 0 radical (unpaired) electrons. The maximum absolute atomic E-state index is 10.2. The lowest BCUT2D eigenvalue weighted by Crippen LogP contribution is -2.50. The Bertz CT molecular complexity index is 737. The quantitative estimate of drug-likeness (QED) is 0.570. The molecule has 3 rings (SSSR count). The van der Waals surface area contributed by atoms with Crippen LogP contribution in [0.25, 0.3) is 0 Å². The number of ether oxygens (including phenoxy) is 2. The average molecular weight is 428 g/mol. The van der Waals surface area contributed by atoms with Crippen LogP contribution < -0.4 is 9.47 Å². The van der Waals surface area contributed by atoms with Gasteiger partial charge in [-0.2, -0.15) is 0 Å². The van der Waals surface area contributed by atoms with E-state index in [4.69, 9.17) is 9.47 Å². The molecule has 0 saturated carbocycles. The predicted molar refractivity (Wildman–Crippen MR) is 124 cm³/mol. The number of nitrogens with zero attached hydrogens (tertiary/aromatic N) is 1. The first-order valence-corrected chi connectivity index (χ1v) is 11.4. The van der Waals surface area contributed by atoms with E-state index >= 15 is 0 Å². The lowest BCUT2D eigenvalue weighted by molar-refractivity contribution is 0.00214. The van der Waals surface area contributed by atoms with Crippen LogP contribution in [0.2, 0.25) is 0 Å². The van der Waals surface area contributed by atoms with Gasteiger partial charge in [-0.15, -0.1) is 0 Å². The van der Waals surface area contributed by atoms with Gasteiger partial charge < -0.3 is 19.7 Å². The van der Waals surface area contributed by atoms with E-state index in [1.807, 2.05) is 24.3 Å². The molecule has 1 saturated heterocycles. The van der Waals surface area contributed by atoms with Gasteiger partial charge in [0.1, 0.15) is 11.5 Å². The zero-order valence-corrected chi connectivity index (χ0v) is 18.9. The fraction of sp³-hybridized carbons (Fsp3) is 0.538. The van der Waals surface area contributed by atoms with Gasteiger partial charge in [-0.1, -0.05) is 30.7 Å². The number of piperidine rings is 1. The Balaban J connectivity index is 1.65. The van der Waals surface area contributed by atoms with Gasteiger partial charge in [0.15, 0.2) is 0 Å². The van der Waals surface area contributed by atoms with Gasteiger partial charge >= 0.3 is 0 Å². The van der Waals surface area contributed by atoms with E-state index < -0.39 is 6.10 Å². The average Bonchev–Trinajstić information content (AvgIpc) is 2.82. The minimum atomic E-state index is -0.697. The predicted octanol–water partition coefficient (Wildman–Crippen LogP) is 3.85. The maximum atomic E-state index is 10.2. The molecule has 2 N–H and O–H groups in total. The summed E-state index contributed by atoms with van der Waals surface area (Å²) in [7, 11) is 3.40. The Kier molecular flexibility index (Phi) is 9.19. The Morgan fingerprint density at radius 2 is 1.42 bits per heavy atom. The molecule has 1 fully saturated rings. The van der Waals surface area contributed by atoms with Crippen molar-refractivity contribution in [3.05, 3.63) is 59.7 Å². The molecule has 2 aromatic rings. The van der Waals surface area contributed by atoms with Crippen molar-refractivity contribution >= 4 is 0 Å². The van der Waals surface area contributed by atoms with Crippen LogP contribution in [-0.4, -0.2) is 60.7 Å². The highest BCUT2D eigenvalue weighted by molar-refractivity contribution is 5.29. The highest BCUT2D eigenvalue weighted by Crippen LogP contribution is 2.30. The number of hydrogen-bond acceptors (Lipinski definition) is 5. The van der Waals surface area contributed by atoms with Gasteiger partial charge in [-0.05, 0) is 73.9 Å². The number of likely N-dealkylation sites (tertiary alicyclic amines) is 1. The van der Waals surface area contributed by atoms with Crippen molar-refractivity contribution in [2.24, 2.45) is 0 Å². The highest BCUT2D eigenvalue weighted by Gasteiger charge is 2.31. The summed E-state index contributed by atoms with van der Waals surface area (Å²) in [6, 6.07) is 17.4. The summed E-state index contributed by atoms with van der Waals surface area (Å²) in [4.78, 5) is 2.46. The third-order valence-electron chi connectivity index (χ3n) is 6.45. The monoisotopic (exact) mass is 427 g/mol. The molecule has 170 valence electrons. The van der Waals surface area contributed by atoms with Crippen LogP contribution in [0.4, 0.5) is 0 Å². The fourth-order valence-corrected chi connectivity index (χ4v) is 4.76. The van der Waals surface area contributed by atoms with Gasteiger partial charge in [0, 0.05) is 18.6 Å². The molecular formula is C26H37NO4. The molecule has 1 aliphatic heterocycles. The van der Waals surface area contributed by atoms with Gasteiger partial charge in [-0.3, -0.25) is 4.90 Å². The summed E-state index contributed by atoms with van der Waals surface area (Å²) in [6.45, 7) is 0.337. The van der Waals surface area contributed by atoms with Crippen molar-refractivity contribution in [1.82, 2.24) is 4.90 Å². The molecule has 3 atom stereocenters. The SMILES string of the molecule is COc1cccc(CC[C@H]2CCC[C@@H](CCc3cccc(OC)c3)N2C[C@H](O)CO)c1. The topological polar surface area (TPSA) is 62.2 Å². The number of hydrogen-bond donors (Lipinski definition) is 2. The molecule has 5 heteroatoms. The molecular weight excluding hydrogens is 390 g/mol. The molecule has 31 heavy (non-hydrogen) atoms. The number of benzene rings is 2. The summed E-state index contributed by atoms with van der Waals surface area (Å²) in [5.41, 5.74) is 2.56. The van der Waals surface area contributed by atoms with Crippen LogP contribution in [0.3, 0.4) is 0 Å². The van der Waals surface area contributed by atoms with Crippen LogP contribution in [0.1, 0.15) is 43.2 Å². The molecule has 1 aliphatic rings. The largest absolute Gasteiger partial charge is 0.497 e. The smallest absolute Gasteiger partial charge is 0.119 e. The number of aliphatic hydroxyl groups is 2. The summed E-state index contributed by atoms with van der Waals surface area (Å²) in [6.07, 6.45) is 6.83. The summed E-state index contributed by atoms with van der Waals surface area (Å²) < 4.78 is 10.7. The molecule has 0 unspecified atom stereocenters. The molecule has 2 aromatic carbocycles. The Morgan fingerprint density at radius 3 is 1.87 bits per heavy atom. The van der Waals surface area contributed by atoms with Crippen LogP contribution in [-0.2, 0) is 12.8 Å². The molecule has 1 heterocycles. The minimum Gasteiger partial charge on any atom is -0.497 e. The maximum Gasteiger partial charge on any atom is 0.119 e. The van der Waals surface area contributed by atoms with Crippen molar-refractivity contribution in [1.29, 1.82) is 0 Å². The third-order valence-corrected chi connectivity index (χ3v) is 6.45. The van der Waals surface area contributed by atoms with Crippen LogP contribution in [0.15, 0.2) is 48.5 Å². The number of aryl methyl sites for hydroxylation is 2. The number of aliphatic hydroxyl groups excluding tert-OH is 2. The van der Waals surface area contributed by atoms with Gasteiger partial charge in [0.05, 0.1) is 26.9 Å². The molecule has 0 aromatic heterocycles. The molecule has 0 amide bonds. The number of β-amino-alcohol motifs (C(OH)–C–C–N with tert-alkyl or cyclic N) is 1. The van der Waals surface area contributed by atoms with Crippen LogP contribution in [0, 0.1) is 0 Å². The second-order valence-corrected chi connectivity index (χ2v) is 8.55. The Morgan fingerprint density at radius 1 is 0.903 bits per heavy atom. The van der Waals surface area contributed by atoms with Gasteiger partial charge in [0.2, 0.25) is 0 Å². The fourth-order valence-electron chi connectivity index (χ4n) is 4.76. The first-order valence-electron chi connectivity index (χ1n) is 11.4. The van der Waals surface area contributed by atoms with E-state index in [0.717, 1.165) is 50.0 Å². The van der Waals surface area contributed by atoms with Gasteiger partial charge in [0.25, 0.3) is 0 Å². The van der Waals surface area contributed by atoms with E-state index in [9.17, 15) is 10.2 Å². The first-order chi connectivity index (χ1) is 15.1. The molecule has 5 nitrogen and oxygen atoms in total. The first kappa shape index (κ1) is 23.6. The van der Waals surface area contributed by atoms with E-state index in [1.165, 1.54) is 17.5 Å². The summed E-state index contributed by atoms with van der Waals surface area (Å²) in [5.74, 6) is 1.79. The minimum absolute atomic E-state index is 0.193. The van der Waals surface area contributed by atoms with Crippen molar-refractivity contribution in [2.75, 3.05) is 27.4 Å². The van der Waals surface area contributed by atoms with E-state index in [2.05, 4.69) is 29.2 Å². The number of rotatable bonds is 11. The van der Waals surface area contributed by atoms with Crippen molar-refractivity contribution in [2.45, 2.75) is 63.1 Å². The summed E-state index contributed by atoms with van der Waals surface area (Å²) in [5, 5.41) is 19.7.